The largest absolute Gasteiger partial charge is 0.496 e. The molecule has 1 aliphatic heterocycles. The van der Waals surface area contributed by atoms with E-state index in [4.69, 9.17) is 14.2 Å². The second-order valence-electron chi connectivity index (χ2n) is 4.60. The lowest BCUT2D eigenvalue weighted by atomic mass is 9.97. The Labute approximate surface area is 107 Å². The predicted molar refractivity (Wildman–Crippen MR) is 68.2 cm³/mol. The first-order valence-electron chi connectivity index (χ1n) is 6.18. The van der Waals surface area contributed by atoms with Crippen LogP contribution in [0.4, 0.5) is 0 Å². The maximum Gasteiger partial charge on any atom is 0.125 e. The van der Waals surface area contributed by atoms with Crippen LogP contribution in [0.2, 0.25) is 0 Å². The number of methoxy groups -OCH3 is 2. The number of ether oxygens (including phenoxy) is 3. The molecule has 0 saturated carbocycles. The molecular formula is C14H20O4. The fourth-order valence-electron chi connectivity index (χ4n) is 2.32. The number of aliphatic hydroxyl groups is 1. The first-order chi connectivity index (χ1) is 8.65. The van der Waals surface area contributed by atoms with Crippen LogP contribution in [0.3, 0.4) is 0 Å². The Morgan fingerprint density at radius 1 is 1.22 bits per heavy atom. The van der Waals surface area contributed by atoms with Gasteiger partial charge in [-0.1, -0.05) is 0 Å². The molecule has 4 heteroatoms. The SMILES string of the molecule is COc1cc(C2CC(O)CCO2)c(OC)cc1C. The van der Waals surface area contributed by atoms with Crippen LogP contribution in [0, 0.1) is 6.92 Å². The Morgan fingerprint density at radius 3 is 2.56 bits per heavy atom. The third-order valence-corrected chi connectivity index (χ3v) is 3.35. The number of rotatable bonds is 3. The fraction of sp³-hybridized carbons (Fsp3) is 0.571. The minimum atomic E-state index is -0.305. The highest BCUT2D eigenvalue weighted by molar-refractivity contribution is 5.47. The predicted octanol–water partition coefficient (Wildman–Crippen LogP) is 2.22. The lowest BCUT2D eigenvalue weighted by Crippen LogP contribution is -2.23. The van der Waals surface area contributed by atoms with Crippen LogP contribution >= 0.6 is 0 Å². The van der Waals surface area contributed by atoms with Crippen molar-refractivity contribution >= 4 is 0 Å². The maximum absolute atomic E-state index is 9.73. The summed E-state index contributed by atoms with van der Waals surface area (Å²) < 4.78 is 16.4. The van der Waals surface area contributed by atoms with E-state index < -0.39 is 0 Å². The lowest BCUT2D eigenvalue weighted by molar-refractivity contribution is -0.0456. The molecule has 2 atom stereocenters. The molecule has 0 aliphatic carbocycles. The van der Waals surface area contributed by atoms with Gasteiger partial charge in [0.2, 0.25) is 0 Å². The molecule has 100 valence electrons. The molecule has 1 saturated heterocycles. The zero-order chi connectivity index (χ0) is 13.1. The summed E-state index contributed by atoms with van der Waals surface area (Å²) in [5.41, 5.74) is 1.97. The lowest BCUT2D eigenvalue weighted by Gasteiger charge is -2.28. The second-order valence-corrected chi connectivity index (χ2v) is 4.60. The van der Waals surface area contributed by atoms with E-state index in [9.17, 15) is 5.11 Å². The Balaban J connectivity index is 2.35. The standard InChI is InChI=1S/C14H20O4/c1-9-6-13(17-3)11(8-12(9)16-2)14-7-10(15)4-5-18-14/h6,8,10,14-15H,4-5,7H2,1-3H3. The highest BCUT2D eigenvalue weighted by atomic mass is 16.5. The molecule has 0 spiro atoms. The van der Waals surface area contributed by atoms with Crippen molar-refractivity contribution in [3.63, 3.8) is 0 Å². The van der Waals surface area contributed by atoms with E-state index in [1.54, 1.807) is 14.2 Å². The van der Waals surface area contributed by atoms with Gasteiger partial charge in [0, 0.05) is 18.6 Å². The van der Waals surface area contributed by atoms with E-state index in [-0.39, 0.29) is 12.2 Å². The highest BCUT2D eigenvalue weighted by Gasteiger charge is 2.25. The number of aliphatic hydroxyl groups excluding tert-OH is 1. The van der Waals surface area contributed by atoms with Crippen LogP contribution in [0.25, 0.3) is 0 Å². The molecule has 0 bridgehead atoms. The van der Waals surface area contributed by atoms with Crippen molar-refractivity contribution in [3.05, 3.63) is 23.3 Å². The van der Waals surface area contributed by atoms with Gasteiger partial charge in [-0.15, -0.1) is 0 Å². The maximum atomic E-state index is 9.73. The van der Waals surface area contributed by atoms with Gasteiger partial charge in [0.25, 0.3) is 0 Å². The topological polar surface area (TPSA) is 47.9 Å². The molecule has 1 aliphatic rings. The van der Waals surface area contributed by atoms with Gasteiger partial charge in [-0.05, 0) is 31.0 Å². The van der Waals surface area contributed by atoms with Gasteiger partial charge < -0.3 is 19.3 Å². The number of aryl methyl sites for hydroxylation is 1. The molecule has 1 fully saturated rings. The van der Waals surface area contributed by atoms with E-state index in [1.807, 2.05) is 19.1 Å². The van der Waals surface area contributed by atoms with Crippen molar-refractivity contribution in [1.82, 2.24) is 0 Å². The Kier molecular flexibility index (Phi) is 4.09. The van der Waals surface area contributed by atoms with Gasteiger partial charge in [0.15, 0.2) is 0 Å². The van der Waals surface area contributed by atoms with Crippen LogP contribution < -0.4 is 9.47 Å². The van der Waals surface area contributed by atoms with Crippen LogP contribution in [0.15, 0.2) is 12.1 Å². The normalized spacial score (nSPS) is 23.8. The summed E-state index contributed by atoms with van der Waals surface area (Å²) in [6, 6.07) is 3.88. The second kappa shape index (κ2) is 5.59. The average Bonchev–Trinajstić information content (AvgIpc) is 2.38. The number of hydrogen-bond acceptors (Lipinski definition) is 4. The minimum absolute atomic E-state index is 0.127. The molecule has 0 radical (unpaired) electrons. The fourth-order valence-corrected chi connectivity index (χ4v) is 2.32. The summed E-state index contributed by atoms with van der Waals surface area (Å²) in [6.07, 6.45) is 0.864. The Morgan fingerprint density at radius 2 is 1.94 bits per heavy atom. The first-order valence-corrected chi connectivity index (χ1v) is 6.18. The Hall–Kier alpha value is -1.26. The van der Waals surface area contributed by atoms with E-state index in [1.165, 1.54) is 0 Å². The molecule has 1 heterocycles. The zero-order valence-corrected chi connectivity index (χ0v) is 11.1. The summed E-state index contributed by atoms with van der Waals surface area (Å²) in [6.45, 7) is 2.55. The third-order valence-electron chi connectivity index (χ3n) is 3.35. The summed E-state index contributed by atoms with van der Waals surface area (Å²) in [7, 11) is 3.29. The van der Waals surface area contributed by atoms with E-state index in [2.05, 4.69) is 0 Å². The molecule has 2 unspecified atom stereocenters. The van der Waals surface area contributed by atoms with E-state index in [0.29, 0.717) is 19.4 Å². The third kappa shape index (κ3) is 2.60. The molecule has 0 aromatic heterocycles. The summed E-state index contributed by atoms with van der Waals surface area (Å²) in [4.78, 5) is 0. The number of hydrogen-bond donors (Lipinski definition) is 1. The molecular weight excluding hydrogens is 232 g/mol. The van der Waals surface area contributed by atoms with Gasteiger partial charge in [-0.25, -0.2) is 0 Å². The van der Waals surface area contributed by atoms with Gasteiger partial charge in [-0.2, -0.15) is 0 Å². The van der Waals surface area contributed by atoms with Crippen molar-refractivity contribution in [2.24, 2.45) is 0 Å². The molecule has 1 aromatic rings. The van der Waals surface area contributed by atoms with Gasteiger partial charge >= 0.3 is 0 Å². The van der Waals surface area contributed by atoms with Gasteiger partial charge in [-0.3, -0.25) is 0 Å². The van der Waals surface area contributed by atoms with E-state index >= 15 is 0 Å². The summed E-state index contributed by atoms with van der Waals surface area (Å²) in [5, 5.41) is 9.73. The Bertz CT molecular complexity index is 417. The quantitative estimate of drug-likeness (QED) is 0.896. The van der Waals surface area contributed by atoms with E-state index in [0.717, 1.165) is 22.6 Å². The minimum Gasteiger partial charge on any atom is -0.496 e. The van der Waals surface area contributed by atoms with Crippen molar-refractivity contribution in [3.8, 4) is 11.5 Å². The molecule has 18 heavy (non-hydrogen) atoms. The van der Waals surface area contributed by atoms with Crippen molar-refractivity contribution in [1.29, 1.82) is 0 Å². The first kappa shape index (κ1) is 13.2. The molecule has 4 nitrogen and oxygen atoms in total. The molecule has 1 N–H and O–H groups in total. The van der Waals surface area contributed by atoms with Crippen LogP contribution in [0.1, 0.15) is 30.1 Å². The van der Waals surface area contributed by atoms with Gasteiger partial charge in [0.05, 0.1) is 26.4 Å². The van der Waals surface area contributed by atoms with Crippen molar-refractivity contribution < 1.29 is 19.3 Å². The monoisotopic (exact) mass is 252 g/mol. The number of benzene rings is 1. The highest BCUT2D eigenvalue weighted by Crippen LogP contribution is 2.37. The molecule has 0 amide bonds. The van der Waals surface area contributed by atoms with Crippen LogP contribution in [-0.4, -0.2) is 32.0 Å². The average molecular weight is 252 g/mol. The summed E-state index contributed by atoms with van der Waals surface area (Å²) in [5.74, 6) is 1.60. The van der Waals surface area contributed by atoms with Crippen LogP contribution in [0.5, 0.6) is 11.5 Å². The smallest absolute Gasteiger partial charge is 0.125 e. The van der Waals surface area contributed by atoms with Crippen LogP contribution in [-0.2, 0) is 4.74 Å². The molecule has 2 rings (SSSR count). The molecule has 1 aromatic carbocycles. The zero-order valence-electron chi connectivity index (χ0n) is 11.1. The van der Waals surface area contributed by atoms with Crippen molar-refractivity contribution in [2.45, 2.75) is 32.0 Å². The van der Waals surface area contributed by atoms with Gasteiger partial charge in [0.1, 0.15) is 11.5 Å². The van der Waals surface area contributed by atoms with Crippen molar-refractivity contribution in [2.75, 3.05) is 20.8 Å². The summed E-state index contributed by atoms with van der Waals surface area (Å²) >= 11 is 0.